The standard InChI is InChI=1S/C20H18BrFN2O2/c1-13(14-6-8-15(21)9-7-14)24-19(25)10-11-20-23-12-18(26-20)16-4-2-3-5-17(16)22/h2-9,12-13H,10-11H2,1H3,(H,24,25). The molecular formula is C20H18BrFN2O2. The summed E-state index contributed by atoms with van der Waals surface area (Å²) in [6.45, 7) is 1.93. The Hall–Kier alpha value is -2.47. The van der Waals surface area contributed by atoms with Gasteiger partial charge in [0.15, 0.2) is 11.7 Å². The Bertz CT molecular complexity index is 893. The second-order valence-electron chi connectivity index (χ2n) is 5.94. The van der Waals surface area contributed by atoms with Crippen molar-refractivity contribution in [1.82, 2.24) is 10.3 Å². The number of nitrogens with zero attached hydrogens (tertiary/aromatic N) is 1. The number of hydrogen-bond acceptors (Lipinski definition) is 3. The van der Waals surface area contributed by atoms with Crippen LogP contribution in [-0.4, -0.2) is 10.9 Å². The molecule has 1 amide bonds. The van der Waals surface area contributed by atoms with Crippen molar-refractivity contribution < 1.29 is 13.6 Å². The number of benzene rings is 2. The minimum atomic E-state index is -0.365. The second kappa shape index (κ2) is 8.27. The van der Waals surface area contributed by atoms with Gasteiger partial charge in [0.05, 0.1) is 17.8 Å². The van der Waals surface area contributed by atoms with Gasteiger partial charge >= 0.3 is 0 Å². The van der Waals surface area contributed by atoms with E-state index in [0.717, 1.165) is 10.0 Å². The molecule has 134 valence electrons. The summed E-state index contributed by atoms with van der Waals surface area (Å²) in [6, 6.07) is 14.1. The van der Waals surface area contributed by atoms with Crippen LogP contribution in [0.25, 0.3) is 11.3 Å². The molecule has 0 aliphatic carbocycles. The van der Waals surface area contributed by atoms with Gasteiger partial charge in [-0.15, -0.1) is 0 Å². The lowest BCUT2D eigenvalue weighted by Crippen LogP contribution is -2.26. The van der Waals surface area contributed by atoms with Gasteiger partial charge in [-0.25, -0.2) is 9.37 Å². The number of oxazole rings is 1. The van der Waals surface area contributed by atoms with Crippen molar-refractivity contribution in [3.63, 3.8) is 0 Å². The van der Waals surface area contributed by atoms with Gasteiger partial charge in [-0.3, -0.25) is 4.79 Å². The highest BCUT2D eigenvalue weighted by Gasteiger charge is 2.13. The molecule has 0 spiro atoms. The first-order valence-electron chi connectivity index (χ1n) is 8.27. The van der Waals surface area contributed by atoms with Crippen molar-refractivity contribution in [2.75, 3.05) is 0 Å². The fraction of sp³-hybridized carbons (Fsp3) is 0.200. The Labute approximate surface area is 159 Å². The van der Waals surface area contributed by atoms with E-state index < -0.39 is 0 Å². The highest BCUT2D eigenvalue weighted by atomic mass is 79.9. The summed E-state index contributed by atoms with van der Waals surface area (Å²) in [5.74, 6) is 0.318. The van der Waals surface area contributed by atoms with E-state index in [-0.39, 0.29) is 24.2 Å². The zero-order valence-corrected chi connectivity index (χ0v) is 15.8. The molecular weight excluding hydrogens is 399 g/mol. The molecule has 0 bridgehead atoms. The van der Waals surface area contributed by atoms with Crippen LogP contribution in [0.15, 0.2) is 63.6 Å². The normalized spacial score (nSPS) is 12.0. The van der Waals surface area contributed by atoms with E-state index in [0.29, 0.717) is 23.6 Å². The van der Waals surface area contributed by atoms with Crippen LogP contribution in [0, 0.1) is 5.82 Å². The van der Waals surface area contributed by atoms with Crippen LogP contribution in [0.5, 0.6) is 0 Å². The SMILES string of the molecule is CC(NC(=O)CCc1ncc(-c2ccccc2F)o1)c1ccc(Br)cc1. The Kier molecular flexibility index (Phi) is 5.83. The third kappa shape index (κ3) is 4.58. The highest BCUT2D eigenvalue weighted by Crippen LogP contribution is 2.23. The summed E-state index contributed by atoms with van der Waals surface area (Å²) in [5, 5.41) is 2.95. The monoisotopic (exact) mass is 416 g/mol. The lowest BCUT2D eigenvalue weighted by atomic mass is 10.1. The zero-order chi connectivity index (χ0) is 18.5. The van der Waals surface area contributed by atoms with E-state index in [9.17, 15) is 9.18 Å². The first-order chi connectivity index (χ1) is 12.5. The van der Waals surface area contributed by atoms with E-state index in [1.165, 1.54) is 12.3 Å². The van der Waals surface area contributed by atoms with Crippen LogP contribution in [0.3, 0.4) is 0 Å². The van der Waals surface area contributed by atoms with Crippen LogP contribution in [-0.2, 0) is 11.2 Å². The number of hydrogen-bond donors (Lipinski definition) is 1. The molecule has 0 fully saturated rings. The van der Waals surface area contributed by atoms with Crippen LogP contribution >= 0.6 is 15.9 Å². The quantitative estimate of drug-likeness (QED) is 0.611. The topological polar surface area (TPSA) is 55.1 Å². The summed E-state index contributed by atoms with van der Waals surface area (Å²) in [6.07, 6.45) is 2.08. The number of aryl methyl sites for hydroxylation is 1. The van der Waals surface area contributed by atoms with Crippen LogP contribution in [0.1, 0.15) is 30.8 Å². The smallest absolute Gasteiger partial charge is 0.220 e. The molecule has 3 rings (SSSR count). The van der Waals surface area contributed by atoms with Gasteiger partial charge in [0.25, 0.3) is 0 Å². The fourth-order valence-corrected chi connectivity index (χ4v) is 2.84. The third-order valence-corrected chi connectivity index (χ3v) is 4.53. The molecule has 1 aromatic heterocycles. The number of amides is 1. The maximum atomic E-state index is 13.8. The van der Waals surface area contributed by atoms with Gasteiger partial charge in [-0.1, -0.05) is 40.2 Å². The lowest BCUT2D eigenvalue weighted by Gasteiger charge is -2.14. The lowest BCUT2D eigenvalue weighted by molar-refractivity contribution is -0.121. The molecule has 3 aromatic rings. The van der Waals surface area contributed by atoms with Crippen molar-refractivity contribution in [2.24, 2.45) is 0 Å². The number of carbonyl (C=O) groups excluding carboxylic acids is 1. The van der Waals surface area contributed by atoms with Crippen LogP contribution < -0.4 is 5.32 Å². The first kappa shape index (κ1) is 18.3. The predicted octanol–water partition coefficient (Wildman–Crippen LogP) is 5.05. The average molecular weight is 417 g/mol. The molecule has 4 nitrogen and oxygen atoms in total. The van der Waals surface area contributed by atoms with Crippen molar-refractivity contribution in [1.29, 1.82) is 0 Å². The van der Waals surface area contributed by atoms with Crippen molar-refractivity contribution >= 4 is 21.8 Å². The third-order valence-electron chi connectivity index (χ3n) is 4.01. The highest BCUT2D eigenvalue weighted by molar-refractivity contribution is 9.10. The number of aromatic nitrogens is 1. The van der Waals surface area contributed by atoms with Crippen molar-refractivity contribution in [2.45, 2.75) is 25.8 Å². The molecule has 6 heteroatoms. The summed E-state index contributed by atoms with van der Waals surface area (Å²) in [4.78, 5) is 16.3. The van der Waals surface area contributed by atoms with Gasteiger partial charge in [-0.05, 0) is 36.8 Å². The van der Waals surface area contributed by atoms with Gasteiger partial charge in [-0.2, -0.15) is 0 Å². The van der Waals surface area contributed by atoms with E-state index >= 15 is 0 Å². The Morgan fingerprint density at radius 3 is 2.69 bits per heavy atom. The minimum absolute atomic E-state index is 0.0888. The predicted molar refractivity (Wildman–Crippen MR) is 101 cm³/mol. The van der Waals surface area contributed by atoms with E-state index in [4.69, 9.17) is 4.42 Å². The molecule has 0 radical (unpaired) electrons. The number of carbonyl (C=O) groups is 1. The molecule has 1 unspecified atom stereocenters. The van der Waals surface area contributed by atoms with Gasteiger partial charge in [0.2, 0.25) is 5.91 Å². The van der Waals surface area contributed by atoms with E-state index in [2.05, 4.69) is 26.2 Å². The maximum Gasteiger partial charge on any atom is 0.220 e. The molecule has 0 aliphatic rings. The molecule has 0 saturated carbocycles. The second-order valence-corrected chi connectivity index (χ2v) is 6.85. The number of rotatable bonds is 6. The number of nitrogens with one attached hydrogen (secondary N) is 1. The molecule has 26 heavy (non-hydrogen) atoms. The molecule has 1 N–H and O–H groups in total. The Balaban J connectivity index is 1.55. The van der Waals surface area contributed by atoms with Gasteiger partial charge in [0.1, 0.15) is 5.82 Å². The molecule has 0 saturated heterocycles. The Morgan fingerprint density at radius 1 is 1.23 bits per heavy atom. The summed E-state index contributed by atoms with van der Waals surface area (Å²) in [5.41, 5.74) is 1.39. The largest absolute Gasteiger partial charge is 0.441 e. The van der Waals surface area contributed by atoms with Crippen molar-refractivity contribution in [3.05, 3.63) is 76.5 Å². The van der Waals surface area contributed by atoms with E-state index in [1.54, 1.807) is 18.2 Å². The molecule has 1 atom stereocenters. The molecule has 1 heterocycles. The van der Waals surface area contributed by atoms with Crippen LogP contribution in [0.4, 0.5) is 4.39 Å². The van der Waals surface area contributed by atoms with Crippen LogP contribution in [0.2, 0.25) is 0 Å². The first-order valence-corrected chi connectivity index (χ1v) is 9.06. The van der Waals surface area contributed by atoms with Gasteiger partial charge in [0, 0.05) is 17.3 Å². The fourth-order valence-electron chi connectivity index (χ4n) is 2.58. The average Bonchev–Trinajstić information content (AvgIpc) is 3.09. The van der Waals surface area contributed by atoms with Gasteiger partial charge < -0.3 is 9.73 Å². The van der Waals surface area contributed by atoms with E-state index in [1.807, 2.05) is 31.2 Å². The summed E-state index contributed by atoms with van der Waals surface area (Å²) in [7, 11) is 0. The Morgan fingerprint density at radius 2 is 1.96 bits per heavy atom. The minimum Gasteiger partial charge on any atom is -0.441 e. The summed E-state index contributed by atoms with van der Waals surface area (Å²) >= 11 is 3.39. The number of halogens is 2. The molecule has 0 aliphatic heterocycles. The van der Waals surface area contributed by atoms with Crippen molar-refractivity contribution in [3.8, 4) is 11.3 Å². The summed E-state index contributed by atoms with van der Waals surface area (Å²) < 4.78 is 20.3. The molecule has 2 aromatic carbocycles. The zero-order valence-electron chi connectivity index (χ0n) is 14.2. The maximum absolute atomic E-state index is 13.8.